The molecule has 0 heterocycles. The number of ether oxygens (including phenoxy) is 2. The summed E-state index contributed by atoms with van der Waals surface area (Å²) in [5.41, 5.74) is 0.896. The molecule has 0 aliphatic heterocycles. The lowest BCUT2D eigenvalue weighted by Crippen LogP contribution is -1.96. The number of nitro groups is 1. The van der Waals surface area contributed by atoms with Crippen LogP contribution in [0.25, 0.3) is 6.08 Å². The Kier molecular flexibility index (Phi) is 5.09. The second-order valence-corrected chi connectivity index (χ2v) is 4.62. The number of benzene rings is 2. The molecule has 0 atom stereocenters. The molecule has 0 aliphatic carbocycles. The van der Waals surface area contributed by atoms with Crippen molar-refractivity contribution in [3.05, 3.63) is 69.8 Å². The Labute approximate surface area is 133 Å². The number of methoxy groups -OCH3 is 2. The predicted octanol–water partition coefficient (Wildman–Crippen LogP) is 3.51. The molecule has 0 radical (unpaired) electrons. The molecular weight excluding hydrogens is 298 g/mol. The standard InChI is InChI=1S/C17H15NO5/c1-22-16-9-7-12(10-17(16)23-2)6-8-15(19)13-4-3-5-14(11-13)18(20)21/h3-11H,1-2H3. The summed E-state index contributed by atoms with van der Waals surface area (Å²) in [7, 11) is 3.07. The van der Waals surface area contributed by atoms with Crippen molar-refractivity contribution in [2.24, 2.45) is 0 Å². The molecule has 6 heteroatoms. The number of carbonyl (C=O) groups excluding carboxylic acids is 1. The average Bonchev–Trinajstić information content (AvgIpc) is 2.59. The maximum absolute atomic E-state index is 12.1. The number of nitrogens with zero attached hydrogens (tertiary/aromatic N) is 1. The molecule has 0 aliphatic rings. The van der Waals surface area contributed by atoms with Gasteiger partial charge in [-0.3, -0.25) is 14.9 Å². The van der Waals surface area contributed by atoms with Gasteiger partial charge in [0.15, 0.2) is 17.3 Å². The monoisotopic (exact) mass is 313 g/mol. The maximum Gasteiger partial charge on any atom is 0.270 e. The molecule has 0 spiro atoms. The van der Waals surface area contributed by atoms with Gasteiger partial charge >= 0.3 is 0 Å². The molecule has 0 saturated heterocycles. The number of nitro benzene ring substituents is 1. The average molecular weight is 313 g/mol. The van der Waals surface area contributed by atoms with Gasteiger partial charge in [-0.2, -0.15) is 0 Å². The molecule has 0 fully saturated rings. The van der Waals surface area contributed by atoms with E-state index in [-0.39, 0.29) is 17.0 Å². The first kappa shape index (κ1) is 16.2. The first-order chi connectivity index (χ1) is 11.0. The van der Waals surface area contributed by atoms with E-state index in [1.165, 1.54) is 37.5 Å². The van der Waals surface area contributed by atoms with Crippen molar-refractivity contribution in [3.8, 4) is 11.5 Å². The highest BCUT2D eigenvalue weighted by Crippen LogP contribution is 2.28. The van der Waals surface area contributed by atoms with Crippen LogP contribution in [0.2, 0.25) is 0 Å². The summed E-state index contributed by atoms with van der Waals surface area (Å²) < 4.78 is 10.3. The minimum Gasteiger partial charge on any atom is -0.493 e. The highest BCUT2D eigenvalue weighted by atomic mass is 16.6. The summed E-state index contributed by atoms with van der Waals surface area (Å²) in [6.07, 6.45) is 2.98. The molecule has 23 heavy (non-hydrogen) atoms. The summed E-state index contributed by atoms with van der Waals surface area (Å²) in [6, 6.07) is 10.9. The number of non-ortho nitro benzene ring substituents is 1. The zero-order valence-electron chi connectivity index (χ0n) is 12.7. The second kappa shape index (κ2) is 7.22. The van der Waals surface area contributed by atoms with E-state index < -0.39 is 4.92 Å². The van der Waals surface area contributed by atoms with Crippen LogP contribution < -0.4 is 9.47 Å². The number of hydrogen-bond donors (Lipinski definition) is 0. The Morgan fingerprint density at radius 2 is 1.83 bits per heavy atom. The molecule has 0 aromatic heterocycles. The van der Waals surface area contributed by atoms with E-state index in [2.05, 4.69) is 0 Å². The molecule has 6 nitrogen and oxygen atoms in total. The Morgan fingerprint density at radius 3 is 2.48 bits per heavy atom. The third-order valence-corrected chi connectivity index (χ3v) is 3.18. The highest BCUT2D eigenvalue weighted by Gasteiger charge is 2.09. The zero-order valence-corrected chi connectivity index (χ0v) is 12.7. The van der Waals surface area contributed by atoms with Crippen molar-refractivity contribution in [2.45, 2.75) is 0 Å². The summed E-state index contributed by atoms with van der Waals surface area (Å²) in [5, 5.41) is 10.7. The fraction of sp³-hybridized carbons (Fsp3) is 0.118. The van der Waals surface area contributed by atoms with Crippen molar-refractivity contribution in [3.63, 3.8) is 0 Å². The number of allylic oxidation sites excluding steroid dienone is 1. The van der Waals surface area contributed by atoms with Gasteiger partial charge < -0.3 is 9.47 Å². The van der Waals surface area contributed by atoms with Crippen molar-refractivity contribution in [1.29, 1.82) is 0 Å². The van der Waals surface area contributed by atoms with Gasteiger partial charge in [-0.1, -0.05) is 24.3 Å². The Bertz CT molecular complexity index is 767. The van der Waals surface area contributed by atoms with Crippen LogP contribution in [0.3, 0.4) is 0 Å². The molecule has 2 aromatic carbocycles. The SMILES string of the molecule is COc1ccc(C=CC(=O)c2cccc([N+](=O)[O-])c2)cc1OC. The van der Waals surface area contributed by atoms with Crippen molar-refractivity contribution < 1.29 is 19.2 Å². The van der Waals surface area contributed by atoms with Crippen molar-refractivity contribution in [1.82, 2.24) is 0 Å². The number of carbonyl (C=O) groups is 1. The highest BCUT2D eigenvalue weighted by molar-refractivity contribution is 6.07. The smallest absolute Gasteiger partial charge is 0.270 e. The number of rotatable bonds is 6. The molecule has 2 rings (SSSR count). The van der Waals surface area contributed by atoms with Crippen LogP contribution >= 0.6 is 0 Å². The van der Waals surface area contributed by atoms with Gasteiger partial charge in [0.2, 0.25) is 0 Å². The normalized spacial score (nSPS) is 10.5. The lowest BCUT2D eigenvalue weighted by molar-refractivity contribution is -0.384. The van der Waals surface area contributed by atoms with Crippen LogP contribution in [0.4, 0.5) is 5.69 Å². The minimum absolute atomic E-state index is 0.115. The molecule has 0 bridgehead atoms. The van der Waals surface area contributed by atoms with Crippen LogP contribution in [-0.4, -0.2) is 24.9 Å². The van der Waals surface area contributed by atoms with Gasteiger partial charge in [-0.05, 0) is 23.8 Å². The Morgan fingerprint density at radius 1 is 1.09 bits per heavy atom. The molecular formula is C17H15NO5. The Balaban J connectivity index is 2.21. The predicted molar refractivity (Wildman–Crippen MR) is 86.0 cm³/mol. The van der Waals surface area contributed by atoms with Crippen LogP contribution in [-0.2, 0) is 0 Å². The molecule has 0 N–H and O–H groups in total. The van der Waals surface area contributed by atoms with Crippen LogP contribution in [0.5, 0.6) is 11.5 Å². The van der Waals surface area contributed by atoms with Gasteiger partial charge in [-0.15, -0.1) is 0 Å². The van der Waals surface area contributed by atoms with Crippen molar-refractivity contribution in [2.75, 3.05) is 14.2 Å². The van der Waals surface area contributed by atoms with Gasteiger partial charge in [0.1, 0.15) is 0 Å². The van der Waals surface area contributed by atoms with E-state index in [4.69, 9.17) is 9.47 Å². The van der Waals surface area contributed by atoms with Crippen LogP contribution in [0.15, 0.2) is 48.5 Å². The molecule has 0 unspecified atom stereocenters. The van der Waals surface area contributed by atoms with Gasteiger partial charge in [0, 0.05) is 17.7 Å². The molecule has 0 saturated carbocycles. The van der Waals surface area contributed by atoms with E-state index in [1.54, 1.807) is 31.4 Å². The fourth-order valence-corrected chi connectivity index (χ4v) is 2.00. The third kappa shape index (κ3) is 3.94. The number of hydrogen-bond acceptors (Lipinski definition) is 5. The van der Waals surface area contributed by atoms with E-state index in [9.17, 15) is 14.9 Å². The van der Waals surface area contributed by atoms with Gasteiger partial charge in [-0.25, -0.2) is 0 Å². The summed E-state index contributed by atoms with van der Waals surface area (Å²) in [6.45, 7) is 0. The third-order valence-electron chi connectivity index (χ3n) is 3.18. The lowest BCUT2D eigenvalue weighted by atomic mass is 10.1. The second-order valence-electron chi connectivity index (χ2n) is 4.62. The molecule has 118 valence electrons. The largest absolute Gasteiger partial charge is 0.493 e. The topological polar surface area (TPSA) is 78.7 Å². The van der Waals surface area contributed by atoms with E-state index in [1.807, 2.05) is 0 Å². The summed E-state index contributed by atoms with van der Waals surface area (Å²) in [5.74, 6) is 0.829. The zero-order chi connectivity index (χ0) is 16.8. The summed E-state index contributed by atoms with van der Waals surface area (Å²) in [4.78, 5) is 22.3. The number of ketones is 1. The van der Waals surface area contributed by atoms with E-state index in [0.717, 1.165) is 5.56 Å². The quantitative estimate of drug-likeness (QED) is 0.353. The van der Waals surface area contributed by atoms with E-state index >= 15 is 0 Å². The minimum atomic E-state index is -0.533. The Hall–Kier alpha value is -3.15. The van der Waals surface area contributed by atoms with Crippen LogP contribution in [0, 0.1) is 10.1 Å². The first-order valence-corrected chi connectivity index (χ1v) is 6.74. The molecule has 0 amide bonds. The first-order valence-electron chi connectivity index (χ1n) is 6.74. The fourth-order valence-electron chi connectivity index (χ4n) is 2.00. The van der Waals surface area contributed by atoms with Gasteiger partial charge in [0.25, 0.3) is 5.69 Å². The van der Waals surface area contributed by atoms with Gasteiger partial charge in [0.05, 0.1) is 19.1 Å². The maximum atomic E-state index is 12.1. The van der Waals surface area contributed by atoms with E-state index in [0.29, 0.717) is 11.5 Å². The van der Waals surface area contributed by atoms with Crippen molar-refractivity contribution >= 4 is 17.5 Å². The molecule has 2 aromatic rings. The summed E-state index contributed by atoms with van der Waals surface area (Å²) >= 11 is 0. The lowest BCUT2D eigenvalue weighted by Gasteiger charge is -2.07. The van der Waals surface area contributed by atoms with Crippen LogP contribution in [0.1, 0.15) is 15.9 Å².